The molecule has 2 aromatic carbocycles. The van der Waals surface area contributed by atoms with Crippen molar-refractivity contribution in [1.82, 2.24) is 4.90 Å². The molecule has 8 heteroatoms. The van der Waals surface area contributed by atoms with E-state index in [1.54, 1.807) is 50.5 Å². The lowest BCUT2D eigenvalue weighted by Gasteiger charge is -2.31. The van der Waals surface area contributed by atoms with Gasteiger partial charge in [-0.15, -0.1) is 0 Å². The molecule has 3 rings (SSSR count). The summed E-state index contributed by atoms with van der Waals surface area (Å²) in [6, 6.07) is 11.2. The van der Waals surface area contributed by atoms with E-state index in [2.05, 4.69) is 12.2 Å². The van der Waals surface area contributed by atoms with Crippen molar-refractivity contribution in [3.63, 3.8) is 0 Å². The predicted octanol–water partition coefficient (Wildman–Crippen LogP) is 3.79. The molecule has 1 aliphatic rings. The van der Waals surface area contributed by atoms with Crippen molar-refractivity contribution in [3.8, 4) is 0 Å². The Labute approximate surface area is 175 Å². The fourth-order valence-electron chi connectivity index (χ4n) is 3.54. The van der Waals surface area contributed by atoms with Gasteiger partial charge in [0.1, 0.15) is 5.69 Å². The minimum absolute atomic E-state index is 0.0881. The molecule has 8 nitrogen and oxygen atoms in total. The number of hydrogen-bond acceptors (Lipinski definition) is 5. The zero-order valence-corrected chi connectivity index (χ0v) is 17.4. The lowest BCUT2D eigenvalue weighted by Crippen LogP contribution is -2.33. The summed E-state index contributed by atoms with van der Waals surface area (Å²) < 4.78 is 0. The molecule has 1 N–H and O–H groups in total. The Morgan fingerprint density at radius 1 is 1.13 bits per heavy atom. The lowest BCUT2D eigenvalue weighted by atomic mass is 9.98. The smallest absolute Gasteiger partial charge is 0.293 e. The Kier molecular flexibility index (Phi) is 6.34. The lowest BCUT2D eigenvalue weighted by molar-refractivity contribution is -0.384. The Bertz CT molecular complexity index is 965. The molecule has 0 radical (unpaired) electrons. The number of piperidine rings is 1. The molecule has 0 spiro atoms. The van der Waals surface area contributed by atoms with Crippen molar-refractivity contribution in [1.29, 1.82) is 0 Å². The fourth-order valence-corrected chi connectivity index (χ4v) is 3.54. The number of para-hydroxylation sites is 1. The summed E-state index contributed by atoms with van der Waals surface area (Å²) in [6.45, 7) is 3.69. The van der Waals surface area contributed by atoms with E-state index in [0.29, 0.717) is 22.9 Å². The van der Waals surface area contributed by atoms with Crippen molar-refractivity contribution in [2.24, 2.45) is 5.92 Å². The summed E-state index contributed by atoms with van der Waals surface area (Å²) >= 11 is 0. The molecule has 1 saturated heterocycles. The van der Waals surface area contributed by atoms with Gasteiger partial charge in [0.15, 0.2) is 0 Å². The van der Waals surface area contributed by atoms with Crippen LogP contribution >= 0.6 is 0 Å². The van der Waals surface area contributed by atoms with Gasteiger partial charge in [-0.05, 0) is 43.0 Å². The maximum atomic E-state index is 12.8. The number of nitrogens with one attached hydrogen (secondary N) is 1. The first-order valence-electron chi connectivity index (χ1n) is 9.93. The van der Waals surface area contributed by atoms with E-state index >= 15 is 0 Å². The van der Waals surface area contributed by atoms with Crippen LogP contribution < -0.4 is 10.2 Å². The number of carbonyl (C=O) groups excluding carboxylic acids is 2. The summed E-state index contributed by atoms with van der Waals surface area (Å²) in [5, 5.41) is 14.4. The van der Waals surface area contributed by atoms with E-state index in [4.69, 9.17) is 0 Å². The van der Waals surface area contributed by atoms with Crippen LogP contribution in [-0.4, -0.2) is 48.8 Å². The molecule has 0 unspecified atom stereocenters. The van der Waals surface area contributed by atoms with Crippen LogP contribution in [0.5, 0.6) is 0 Å². The number of anilines is 2. The van der Waals surface area contributed by atoms with Gasteiger partial charge in [0.2, 0.25) is 0 Å². The second-order valence-corrected chi connectivity index (χ2v) is 7.83. The Hall–Kier alpha value is -3.42. The average Bonchev–Trinajstić information content (AvgIpc) is 2.73. The molecule has 1 aliphatic heterocycles. The Morgan fingerprint density at radius 2 is 1.80 bits per heavy atom. The minimum atomic E-state index is -0.504. The van der Waals surface area contributed by atoms with Gasteiger partial charge in [0, 0.05) is 38.8 Å². The van der Waals surface area contributed by atoms with Gasteiger partial charge >= 0.3 is 0 Å². The number of amides is 2. The molecule has 2 amide bonds. The number of nitro groups is 1. The Morgan fingerprint density at radius 3 is 2.43 bits per heavy atom. The number of rotatable bonds is 5. The molecule has 1 fully saturated rings. The van der Waals surface area contributed by atoms with Gasteiger partial charge < -0.3 is 15.1 Å². The van der Waals surface area contributed by atoms with Crippen LogP contribution in [0.15, 0.2) is 42.5 Å². The molecule has 1 heterocycles. The largest absolute Gasteiger partial charge is 0.366 e. The van der Waals surface area contributed by atoms with E-state index in [-0.39, 0.29) is 17.2 Å². The molecular formula is C22H26N4O4. The molecular weight excluding hydrogens is 384 g/mol. The standard InChI is InChI=1S/C22H26N4O4/c1-15-10-12-25(13-11-15)19-9-8-16(14-20(19)26(29)30)21(27)23-18-7-5-4-6-17(18)22(28)24(2)3/h4-9,14-15H,10-13H2,1-3H3,(H,23,27). The van der Waals surface area contributed by atoms with Crippen LogP contribution in [0.25, 0.3) is 0 Å². The summed E-state index contributed by atoms with van der Waals surface area (Å²) in [7, 11) is 3.26. The van der Waals surface area contributed by atoms with Crippen molar-refractivity contribution in [2.75, 3.05) is 37.4 Å². The first kappa shape index (κ1) is 21.3. The summed E-state index contributed by atoms with van der Waals surface area (Å²) in [5.74, 6) is -0.141. The van der Waals surface area contributed by atoms with Crippen LogP contribution in [0, 0.1) is 16.0 Å². The SMILES string of the molecule is CC1CCN(c2ccc(C(=O)Nc3ccccc3C(=O)N(C)C)cc2[N+](=O)[O-])CC1. The molecule has 0 atom stereocenters. The van der Waals surface area contributed by atoms with Gasteiger partial charge in [-0.2, -0.15) is 0 Å². The minimum Gasteiger partial charge on any atom is -0.366 e. The van der Waals surface area contributed by atoms with E-state index in [1.165, 1.54) is 11.0 Å². The van der Waals surface area contributed by atoms with E-state index in [1.807, 2.05) is 4.90 Å². The quantitative estimate of drug-likeness (QED) is 0.598. The van der Waals surface area contributed by atoms with E-state index < -0.39 is 10.8 Å². The number of benzene rings is 2. The van der Waals surface area contributed by atoms with Gasteiger partial charge in [-0.3, -0.25) is 19.7 Å². The van der Waals surface area contributed by atoms with E-state index in [9.17, 15) is 19.7 Å². The molecule has 0 aliphatic carbocycles. The second kappa shape index (κ2) is 8.94. The zero-order chi connectivity index (χ0) is 21.8. The van der Waals surface area contributed by atoms with Crippen LogP contribution in [-0.2, 0) is 0 Å². The highest BCUT2D eigenvalue weighted by molar-refractivity contribution is 6.09. The monoisotopic (exact) mass is 410 g/mol. The predicted molar refractivity (Wildman–Crippen MR) is 116 cm³/mol. The van der Waals surface area contributed by atoms with Gasteiger partial charge in [0.25, 0.3) is 17.5 Å². The van der Waals surface area contributed by atoms with Crippen LogP contribution in [0.3, 0.4) is 0 Å². The first-order valence-corrected chi connectivity index (χ1v) is 9.93. The van der Waals surface area contributed by atoms with Gasteiger partial charge in [0.05, 0.1) is 16.2 Å². The van der Waals surface area contributed by atoms with Crippen LogP contribution in [0.4, 0.5) is 17.1 Å². The summed E-state index contributed by atoms with van der Waals surface area (Å²) in [5.41, 5.74) is 1.33. The van der Waals surface area contributed by atoms with Crippen molar-refractivity contribution < 1.29 is 14.5 Å². The highest BCUT2D eigenvalue weighted by Gasteiger charge is 2.25. The maximum absolute atomic E-state index is 12.8. The number of nitrogens with zero attached hydrogens (tertiary/aromatic N) is 3. The molecule has 30 heavy (non-hydrogen) atoms. The highest BCUT2D eigenvalue weighted by Crippen LogP contribution is 2.32. The number of nitro benzene ring substituents is 1. The molecule has 158 valence electrons. The van der Waals surface area contributed by atoms with Crippen molar-refractivity contribution in [3.05, 3.63) is 63.7 Å². The van der Waals surface area contributed by atoms with E-state index in [0.717, 1.165) is 25.9 Å². The summed E-state index contributed by atoms with van der Waals surface area (Å²) in [6.07, 6.45) is 1.96. The van der Waals surface area contributed by atoms with Crippen LogP contribution in [0.1, 0.15) is 40.5 Å². The topological polar surface area (TPSA) is 95.8 Å². The highest BCUT2D eigenvalue weighted by atomic mass is 16.6. The van der Waals surface area contributed by atoms with Crippen LogP contribution in [0.2, 0.25) is 0 Å². The summed E-state index contributed by atoms with van der Waals surface area (Å²) in [4.78, 5) is 39.8. The number of hydrogen-bond donors (Lipinski definition) is 1. The molecule has 0 saturated carbocycles. The second-order valence-electron chi connectivity index (χ2n) is 7.83. The van der Waals surface area contributed by atoms with Gasteiger partial charge in [-0.25, -0.2) is 0 Å². The first-order chi connectivity index (χ1) is 14.3. The maximum Gasteiger partial charge on any atom is 0.293 e. The van der Waals surface area contributed by atoms with Crippen molar-refractivity contribution in [2.45, 2.75) is 19.8 Å². The average molecular weight is 410 g/mol. The molecule has 2 aromatic rings. The Balaban J connectivity index is 1.86. The fraction of sp³-hybridized carbons (Fsp3) is 0.364. The van der Waals surface area contributed by atoms with Crippen molar-refractivity contribution >= 4 is 28.9 Å². The zero-order valence-electron chi connectivity index (χ0n) is 17.4. The third kappa shape index (κ3) is 4.59. The molecule has 0 bridgehead atoms. The third-order valence-corrected chi connectivity index (χ3v) is 5.37. The normalized spacial score (nSPS) is 14.3. The van der Waals surface area contributed by atoms with Gasteiger partial charge in [-0.1, -0.05) is 19.1 Å². The number of carbonyl (C=O) groups is 2. The third-order valence-electron chi connectivity index (χ3n) is 5.37. The molecule has 0 aromatic heterocycles.